The smallest absolute Gasteiger partial charge is 0.305 e. The number of hydrogen-bond acceptors (Lipinski definition) is 4. The lowest BCUT2D eigenvalue weighted by Gasteiger charge is -2.19. The van der Waals surface area contributed by atoms with Gasteiger partial charge in [0.25, 0.3) is 0 Å². The molecule has 1 atom stereocenters. The third-order valence-electron chi connectivity index (χ3n) is 4.72. The molecular weight excluding hydrogens is 454 g/mol. The number of methoxy groups -OCH3 is 1. The van der Waals surface area contributed by atoms with Gasteiger partial charge in [0, 0.05) is 16.9 Å². The summed E-state index contributed by atoms with van der Waals surface area (Å²) in [5.74, 6) is -0.205. The molecule has 2 rings (SSSR count). The van der Waals surface area contributed by atoms with E-state index in [1.807, 2.05) is 24.3 Å². The molecule has 0 bridgehead atoms. The normalized spacial score (nSPS) is 12.5. The van der Waals surface area contributed by atoms with Gasteiger partial charge in [-0.1, -0.05) is 60.0 Å². The van der Waals surface area contributed by atoms with Crippen LogP contribution in [0.15, 0.2) is 57.9 Å². The standard InChI is InChI=1S/C22H28BrNO4S/c1-3-4-7-21(24-29(26,27)20-15-13-19(23)14-16-20)18-11-9-17(10-12-18)6-5-8-22(25)28-2/h9-16,21,24H,3-8H2,1-2H3. The summed E-state index contributed by atoms with van der Waals surface area (Å²) >= 11 is 3.33. The van der Waals surface area contributed by atoms with Crippen LogP contribution in [0.5, 0.6) is 0 Å². The maximum absolute atomic E-state index is 12.8. The van der Waals surface area contributed by atoms with Crippen molar-refractivity contribution in [1.29, 1.82) is 0 Å². The molecule has 7 heteroatoms. The number of esters is 1. The Morgan fingerprint density at radius 2 is 1.72 bits per heavy atom. The average Bonchev–Trinajstić information content (AvgIpc) is 2.71. The minimum atomic E-state index is -3.61. The molecule has 5 nitrogen and oxygen atoms in total. The number of benzene rings is 2. The van der Waals surface area contributed by atoms with Crippen LogP contribution >= 0.6 is 15.9 Å². The maximum atomic E-state index is 12.8. The van der Waals surface area contributed by atoms with E-state index in [-0.39, 0.29) is 16.9 Å². The minimum Gasteiger partial charge on any atom is -0.469 e. The molecule has 158 valence electrons. The molecule has 0 amide bonds. The van der Waals surface area contributed by atoms with Crippen molar-refractivity contribution in [3.05, 3.63) is 64.1 Å². The second-order valence-corrected chi connectivity index (χ2v) is 9.57. The second kappa shape index (κ2) is 11.5. The van der Waals surface area contributed by atoms with Gasteiger partial charge in [-0.2, -0.15) is 0 Å². The Hall–Kier alpha value is -1.70. The third kappa shape index (κ3) is 7.57. The fraction of sp³-hybridized carbons (Fsp3) is 0.409. The van der Waals surface area contributed by atoms with E-state index in [4.69, 9.17) is 0 Å². The van der Waals surface area contributed by atoms with E-state index in [1.54, 1.807) is 24.3 Å². The van der Waals surface area contributed by atoms with Crippen LogP contribution < -0.4 is 4.72 Å². The van der Waals surface area contributed by atoms with Gasteiger partial charge in [0.05, 0.1) is 12.0 Å². The topological polar surface area (TPSA) is 72.5 Å². The zero-order chi connectivity index (χ0) is 21.3. The van der Waals surface area contributed by atoms with Crippen LogP contribution in [0.2, 0.25) is 0 Å². The number of sulfonamides is 1. The number of hydrogen-bond donors (Lipinski definition) is 1. The van der Waals surface area contributed by atoms with Crippen molar-refractivity contribution in [2.75, 3.05) is 7.11 Å². The van der Waals surface area contributed by atoms with Crippen molar-refractivity contribution < 1.29 is 17.9 Å². The van der Waals surface area contributed by atoms with Crippen LogP contribution in [-0.2, 0) is 26.0 Å². The monoisotopic (exact) mass is 481 g/mol. The highest BCUT2D eigenvalue weighted by Gasteiger charge is 2.21. The number of ether oxygens (including phenoxy) is 1. The Bertz CT molecular complexity index is 880. The van der Waals surface area contributed by atoms with Crippen molar-refractivity contribution in [1.82, 2.24) is 4.72 Å². The summed E-state index contributed by atoms with van der Waals surface area (Å²) in [5, 5.41) is 0. The van der Waals surface area contributed by atoms with Crippen molar-refractivity contribution in [3.8, 4) is 0 Å². The number of rotatable bonds is 11. The van der Waals surface area contributed by atoms with E-state index in [2.05, 4.69) is 32.3 Å². The molecule has 0 saturated carbocycles. The number of nitrogens with one attached hydrogen (secondary N) is 1. The molecule has 0 radical (unpaired) electrons. The summed E-state index contributed by atoms with van der Waals surface area (Å²) < 4.78 is 34.0. The van der Waals surface area contributed by atoms with Crippen LogP contribution in [0, 0.1) is 0 Å². The summed E-state index contributed by atoms with van der Waals surface area (Å²) in [6, 6.07) is 14.3. The van der Waals surface area contributed by atoms with E-state index >= 15 is 0 Å². The molecule has 0 heterocycles. The molecule has 1 unspecified atom stereocenters. The molecular formula is C22H28BrNO4S. The summed E-state index contributed by atoms with van der Waals surface area (Å²) in [6.45, 7) is 2.09. The summed E-state index contributed by atoms with van der Waals surface area (Å²) in [4.78, 5) is 11.5. The van der Waals surface area contributed by atoms with Gasteiger partial charge >= 0.3 is 5.97 Å². The van der Waals surface area contributed by atoms with Gasteiger partial charge in [-0.25, -0.2) is 13.1 Å². The van der Waals surface area contributed by atoms with Crippen LogP contribution in [0.4, 0.5) is 0 Å². The maximum Gasteiger partial charge on any atom is 0.305 e. The first kappa shape index (κ1) is 23.6. The van der Waals surface area contributed by atoms with Gasteiger partial charge < -0.3 is 4.74 Å². The highest BCUT2D eigenvalue weighted by Crippen LogP contribution is 2.24. The quantitative estimate of drug-likeness (QED) is 0.450. The Morgan fingerprint density at radius 1 is 1.07 bits per heavy atom. The van der Waals surface area contributed by atoms with Crippen LogP contribution in [0.1, 0.15) is 56.2 Å². The molecule has 0 fully saturated rings. The molecule has 0 aliphatic carbocycles. The first-order valence-electron chi connectivity index (χ1n) is 9.79. The predicted molar refractivity (Wildman–Crippen MR) is 118 cm³/mol. The average molecular weight is 482 g/mol. The van der Waals surface area contributed by atoms with Crippen LogP contribution in [0.3, 0.4) is 0 Å². The lowest BCUT2D eigenvalue weighted by molar-refractivity contribution is -0.140. The Morgan fingerprint density at radius 3 is 2.31 bits per heavy atom. The van der Waals surface area contributed by atoms with Gasteiger partial charge in [-0.15, -0.1) is 0 Å². The number of aryl methyl sites for hydroxylation is 1. The van der Waals surface area contributed by atoms with Crippen molar-refractivity contribution >= 4 is 31.9 Å². The number of unbranched alkanes of at least 4 members (excludes halogenated alkanes) is 1. The molecule has 2 aromatic rings. The first-order valence-corrected chi connectivity index (χ1v) is 12.1. The Labute approximate surface area is 182 Å². The highest BCUT2D eigenvalue weighted by atomic mass is 79.9. The highest BCUT2D eigenvalue weighted by molar-refractivity contribution is 9.10. The SMILES string of the molecule is CCCCC(NS(=O)(=O)c1ccc(Br)cc1)c1ccc(CCCC(=O)OC)cc1. The van der Waals surface area contributed by atoms with Gasteiger partial charge in [0.1, 0.15) is 0 Å². The van der Waals surface area contributed by atoms with E-state index in [1.165, 1.54) is 7.11 Å². The molecule has 0 aliphatic rings. The Balaban J connectivity index is 2.10. The predicted octanol–water partition coefficient (Wildman–Crippen LogP) is 5.15. The molecule has 0 saturated heterocycles. The Kier molecular flexibility index (Phi) is 9.33. The molecule has 2 aromatic carbocycles. The van der Waals surface area contributed by atoms with E-state index in [0.29, 0.717) is 6.42 Å². The zero-order valence-electron chi connectivity index (χ0n) is 16.9. The number of carbonyl (C=O) groups is 1. The van der Waals surface area contributed by atoms with Crippen LogP contribution in [-0.4, -0.2) is 21.5 Å². The second-order valence-electron chi connectivity index (χ2n) is 6.94. The fourth-order valence-electron chi connectivity index (χ4n) is 3.03. The molecule has 29 heavy (non-hydrogen) atoms. The minimum absolute atomic E-state index is 0.205. The summed E-state index contributed by atoms with van der Waals surface area (Å²) in [6.07, 6.45) is 4.54. The number of halogens is 1. The van der Waals surface area contributed by atoms with Crippen molar-refractivity contribution in [3.63, 3.8) is 0 Å². The van der Waals surface area contributed by atoms with Gasteiger partial charge in [-0.05, 0) is 54.7 Å². The zero-order valence-corrected chi connectivity index (χ0v) is 19.3. The third-order valence-corrected chi connectivity index (χ3v) is 6.74. The molecule has 0 aromatic heterocycles. The van der Waals surface area contributed by atoms with Crippen molar-refractivity contribution in [2.45, 2.75) is 56.4 Å². The fourth-order valence-corrected chi connectivity index (χ4v) is 4.55. The first-order chi connectivity index (χ1) is 13.9. The van der Waals surface area contributed by atoms with Gasteiger partial charge in [0.15, 0.2) is 0 Å². The molecule has 1 N–H and O–H groups in total. The van der Waals surface area contributed by atoms with Gasteiger partial charge in [-0.3, -0.25) is 4.79 Å². The van der Waals surface area contributed by atoms with Gasteiger partial charge in [0.2, 0.25) is 10.0 Å². The lowest BCUT2D eigenvalue weighted by atomic mass is 9.99. The van der Waals surface area contributed by atoms with Crippen molar-refractivity contribution in [2.24, 2.45) is 0 Å². The van der Waals surface area contributed by atoms with E-state index in [0.717, 1.165) is 47.7 Å². The number of carbonyl (C=O) groups excluding carboxylic acids is 1. The largest absolute Gasteiger partial charge is 0.469 e. The van der Waals surface area contributed by atoms with E-state index < -0.39 is 10.0 Å². The molecule has 0 aliphatic heterocycles. The summed E-state index contributed by atoms with van der Waals surface area (Å²) in [5.41, 5.74) is 2.05. The summed E-state index contributed by atoms with van der Waals surface area (Å²) in [7, 11) is -2.22. The van der Waals surface area contributed by atoms with E-state index in [9.17, 15) is 13.2 Å². The van der Waals surface area contributed by atoms with Crippen LogP contribution in [0.25, 0.3) is 0 Å². The lowest BCUT2D eigenvalue weighted by Crippen LogP contribution is -2.28. The molecule has 0 spiro atoms.